The Morgan fingerprint density at radius 3 is 2.67 bits per heavy atom. The number of rotatable bonds is 9. The number of aromatic nitrogens is 5. The molecule has 2 unspecified atom stereocenters. The zero-order valence-electron chi connectivity index (χ0n) is 22.0. The molecule has 0 spiro atoms. The highest BCUT2D eigenvalue weighted by molar-refractivity contribution is 7.15. The number of nitrogens with two attached hydrogens (primary N) is 1. The van der Waals surface area contributed by atoms with Crippen molar-refractivity contribution in [2.24, 2.45) is 5.73 Å². The van der Waals surface area contributed by atoms with Crippen molar-refractivity contribution < 1.29 is 27.5 Å². The normalized spacial score (nSPS) is 16.1. The van der Waals surface area contributed by atoms with E-state index >= 15 is 0 Å². The summed E-state index contributed by atoms with van der Waals surface area (Å²) in [5.41, 5.74) is 6.64. The first-order valence-corrected chi connectivity index (χ1v) is 13.7. The molecule has 3 N–H and O–H groups in total. The molecule has 4 heterocycles. The molecule has 4 aromatic rings. The van der Waals surface area contributed by atoms with Crippen LogP contribution in [0.5, 0.6) is 5.75 Å². The maximum absolute atomic E-state index is 12.7. The number of amides is 2. The summed E-state index contributed by atoms with van der Waals surface area (Å²) in [5.74, 6) is -2.00. The van der Waals surface area contributed by atoms with Crippen LogP contribution in [-0.2, 0) is 16.0 Å². The van der Waals surface area contributed by atoms with Gasteiger partial charge in [-0.15, -0.1) is 28.5 Å². The van der Waals surface area contributed by atoms with Crippen LogP contribution in [0.15, 0.2) is 60.8 Å². The van der Waals surface area contributed by atoms with Crippen LogP contribution in [0.25, 0.3) is 0 Å². The molecule has 15 heteroatoms. The predicted octanol–water partition coefficient (Wildman–Crippen LogP) is 3.80. The van der Waals surface area contributed by atoms with Crippen molar-refractivity contribution in [1.82, 2.24) is 25.4 Å². The zero-order chi connectivity index (χ0) is 29.7. The number of benzene rings is 1. The van der Waals surface area contributed by atoms with E-state index in [4.69, 9.17) is 5.73 Å². The number of hydrogen-bond acceptors (Lipinski definition) is 10. The molecule has 5 rings (SSSR count). The van der Waals surface area contributed by atoms with E-state index in [1.807, 2.05) is 11.0 Å². The third kappa shape index (κ3) is 7.34. The summed E-state index contributed by atoms with van der Waals surface area (Å²) in [4.78, 5) is 30.8. The summed E-state index contributed by atoms with van der Waals surface area (Å²) < 4.78 is 42.0. The van der Waals surface area contributed by atoms with Gasteiger partial charge in [0.15, 0.2) is 5.82 Å². The number of anilines is 2. The lowest BCUT2D eigenvalue weighted by Crippen LogP contribution is -2.35. The molecule has 0 bridgehead atoms. The van der Waals surface area contributed by atoms with Gasteiger partial charge in [0.2, 0.25) is 16.9 Å². The first-order chi connectivity index (χ1) is 20.1. The van der Waals surface area contributed by atoms with E-state index in [2.05, 4.69) is 35.4 Å². The molecule has 0 aliphatic carbocycles. The third-order valence-electron chi connectivity index (χ3n) is 6.53. The van der Waals surface area contributed by atoms with E-state index in [0.29, 0.717) is 29.7 Å². The molecule has 42 heavy (non-hydrogen) atoms. The van der Waals surface area contributed by atoms with E-state index in [0.717, 1.165) is 30.0 Å². The van der Waals surface area contributed by atoms with Crippen molar-refractivity contribution in [2.45, 2.75) is 37.5 Å². The Kier molecular flexibility index (Phi) is 8.56. The molecule has 2 amide bonds. The summed E-state index contributed by atoms with van der Waals surface area (Å²) in [5, 5.41) is 20.9. The van der Waals surface area contributed by atoms with Gasteiger partial charge in [-0.05, 0) is 54.8 Å². The molecule has 11 nitrogen and oxygen atoms in total. The van der Waals surface area contributed by atoms with Gasteiger partial charge in [0.25, 0.3) is 0 Å². The summed E-state index contributed by atoms with van der Waals surface area (Å²) >= 11 is 1.32. The molecular formula is C27H25F3N8O3S. The number of piperidine rings is 1. The summed E-state index contributed by atoms with van der Waals surface area (Å²) in [6, 6.07) is 13.7. The van der Waals surface area contributed by atoms with Crippen LogP contribution in [0.4, 0.5) is 24.1 Å². The van der Waals surface area contributed by atoms with Crippen molar-refractivity contribution >= 4 is 34.1 Å². The fourth-order valence-electron chi connectivity index (χ4n) is 4.70. The van der Waals surface area contributed by atoms with Crippen molar-refractivity contribution in [3.63, 3.8) is 0 Å². The fourth-order valence-corrected chi connectivity index (χ4v) is 5.58. The van der Waals surface area contributed by atoms with Gasteiger partial charge >= 0.3 is 6.36 Å². The van der Waals surface area contributed by atoms with Gasteiger partial charge in [-0.2, -0.15) is 5.10 Å². The van der Waals surface area contributed by atoms with Crippen LogP contribution in [0.3, 0.4) is 0 Å². The van der Waals surface area contributed by atoms with Gasteiger partial charge in [0, 0.05) is 30.9 Å². The number of nitrogens with zero attached hydrogens (tertiary/aromatic N) is 6. The second-order valence-electron chi connectivity index (χ2n) is 9.55. The van der Waals surface area contributed by atoms with Gasteiger partial charge in [-0.25, -0.2) is 0 Å². The molecule has 1 aliphatic rings. The van der Waals surface area contributed by atoms with Crippen LogP contribution in [-0.4, -0.2) is 56.6 Å². The first-order valence-electron chi connectivity index (χ1n) is 12.9. The van der Waals surface area contributed by atoms with Crippen LogP contribution in [0.1, 0.15) is 46.6 Å². The third-order valence-corrected chi connectivity index (χ3v) is 7.53. The number of ether oxygens (including phenoxy) is 1. The van der Waals surface area contributed by atoms with E-state index < -0.39 is 23.9 Å². The standard InChI is InChI=1S/C27H25F3N8O3S/c28-27(29,30)41-19-8-3-5-16(13-19)23(24(31)40)20-9-10-21(35-34-20)38-12-4-6-17(15-38)25-36-37-26(42-25)33-22(39)14-18-7-1-2-11-32-18/h1-3,5,7-11,13,17,23H,4,6,12,14-15H2,(H2,31,40)(H,33,37,39). The number of halogens is 3. The van der Waals surface area contributed by atoms with Gasteiger partial charge < -0.3 is 20.7 Å². The summed E-state index contributed by atoms with van der Waals surface area (Å²) in [7, 11) is 0. The van der Waals surface area contributed by atoms with Crippen LogP contribution >= 0.6 is 11.3 Å². The molecule has 1 aliphatic heterocycles. The molecular weight excluding hydrogens is 573 g/mol. The van der Waals surface area contributed by atoms with E-state index in [-0.39, 0.29) is 29.5 Å². The second-order valence-corrected chi connectivity index (χ2v) is 10.6. The quantitative estimate of drug-likeness (QED) is 0.293. The van der Waals surface area contributed by atoms with E-state index in [1.165, 1.54) is 23.5 Å². The topological polar surface area (TPSA) is 149 Å². The Balaban J connectivity index is 1.24. The average Bonchev–Trinajstić information content (AvgIpc) is 3.42. The highest BCUT2D eigenvalue weighted by atomic mass is 32.1. The molecule has 2 atom stereocenters. The molecule has 1 fully saturated rings. The molecule has 1 aromatic carbocycles. The minimum absolute atomic E-state index is 0.0499. The van der Waals surface area contributed by atoms with Gasteiger partial charge in [0.05, 0.1) is 12.1 Å². The average molecular weight is 599 g/mol. The number of primary amides is 1. The predicted molar refractivity (Wildman–Crippen MR) is 147 cm³/mol. The Morgan fingerprint density at radius 2 is 1.95 bits per heavy atom. The largest absolute Gasteiger partial charge is 0.573 e. The van der Waals surface area contributed by atoms with Crippen LogP contribution in [0.2, 0.25) is 0 Å². The van der Waals surface area contributed by atoms with Crippen molar-refractivity contribution in [2.75, 3.05) is 23.3 Å². The lowest BCUT2D eigenvalue weighted by molar-refractivity contribution is -0.274. The minimum atomic E-state index is -4.88. The lowest BCUT2D eigenvalue weighted by Gasteiger charge is -2.32. The molecule has 0 radical (unpaired) electrons. The fraction of sp³-hybridized carbons (Fsp3) is 0.296. The number of alkyl halides is 3. The summed E-state index contributed by atoms with van der Waals surface area (Å²) in [6.07, 6.45) is -1.39. The second kappa shape index (κ2) is 12.5. The van der Waals surface area contributed by atoms with Crippen molar-refractivity contribution in [1.29, 1.82) is 0 Å². The van der Waals surface area contributed by atoms with Crippen LogP contribution in [0, 0.1) is 0 Å². The number of hydrogen-bond donors (Lipinski definition) is 2. The molecule has 1 saturated heterocycles. The Hall–Kier alpha value is -4.66. The number of nitrogens with one attached hydrogen (secondary N) is 1. The highest BCUT2D eigenvalue weighted by Crippen LogP contribution is 2.33. The zero-order valence-corrected chi connectivity index (χ0v) is 22.8. The maximum atomic E-state index is 12.7. The van der Waals surface area contributed by atoms with Gasteiger partial charge in [-0.1, -0.05) is 29.5 Å². The van der Waals surface area contributed by atoms with Crippen molar-refractivity contribution in [3.05, 3.63) is 82.8 Å². The number of carbonyl (C=O) groups is 2. The van der Waals surface area contributed by atoms with Gasteiger partial charge in [-0.3, -0.25) is 14.6 Å². The molecule has 0 saturated carbocycles. The SMILES string of the molecule is NC(=O)C(c1cccc(OC(F)(F)F)c1)c1ccc(N2CCCC(c3nnc(NC(=O)Cc4ccccn4)s3)C2)nn1. The van der Waals surface area contributed by atoms with E-state index in [1.54, 1.807) is 30.5 Å². The van der Waals surface area contributed by atoms with Crippen molar-refractivity contribution in [3.8, 4) is 5.75 Å². The van der Waals surface area contributed by atoms with E-state index in [9.17, 15) is 22.8 Å². The maximum Gasteiger partial charge on any atom is 0.573 e. The smallest absolute Gasteiger partial charge is 0.406 e. The highest BCUT2D eigenvalue weighted by Gasteiger charge is 2.32. The molecule has 218 valence electrons. The van der Waals surface area contributed by atoms with Gasteiger partial charge in [0.1, 0.15) is 16.7 Å². The van der Waals surface area contributed by atoms with Crippen LogP contribution < -0.4 is 20.7 Å². The number of pyridine rings is 1. The Bertz CT molecular complexity index is 1540. The summed E-state index contributed by atoms with van der Waals surface area (Å²) in [6.45, 7) is 1.30. The lowest BCUT2D eigenvalue weighted by atomic mass is 9.94. The Labute approximate surface area is 242 Å². The Morgan fingerprint density at radius 1 is 1.10 bits per heavy atom. The molecule has 3 aromatic heterocycles. The number of carbonyl (C=O) groups excluding carboxylic acids is 2. The first kappa shape index (κ1) is 28.9. The monoisotopic (exact) mass is 598 g/mol. The minimum Gasteiger partial charge on any atom is -0.406 e.